The third kappa shape index (κ3) is 2.04. The van der Waals surface area contributed by atoms with E-state index in [0.717, 1.165) is 12.1 Å². The van der Waals surface area contributed by atoms with Crippen molar-refractivity contribution in [3.8, 4) is 0 Å². The summed E-state index contributed by atoms with van der Waals surface area (Å²) in [5, 5.41) is 12.5. The van der Waals surface area contributed by atoms with Gasteiger partial charge < -0.3 is 10.4 Å². The minimum absolute atomic E-state index is 0.133. The molecule has 1 saturated heterocycles. The lowest BCUT2D eigenvalue weighted by Crippen LogP contribution is -2.17. The molecule has 0 saturated carbocycles. The van der Waals surface area contributed by atoms with Crippen molar-refractivity contribution >= 4 is 5.91 Å². The fraction of sp³-hybridized carbons (Fsp3) is 0.364. The molecule has 2 N–H and O–H groups in total. The molecule has 1 amide bonds. The Labute approximate surface area is 91.1 Å². The maximum Gasteiger partial charge on any atom is 0.220 e. The van der Waals surface area contributed by atoms with Gasteiger partial charge in [-0.3, -0.25) is 4.79 Å². The van der Waals surface area contributed by atoms with Crippen LogP contribution in [0.3, 0.4) is 0 Å². The summed E-state index contributed by atoms with van der Waals surface area (Å²) in [6.45, 7) is 0.360. The molecule has 2 rings (SSSR count). The quantitative estimate of drug-likeness (QED) is 0.795. The van der Waals surface area contributed by atoms with Crippen LogP contribution in [0.5, 0.6) is 0 Å². The van der Waals surface area contributed by atoms with Gasteiger partial charge in [0.05, 0.1) is 6.10 Å². The Morgan fingerprint density at radius 3 is 2.69 bits per heavy atom. The molecule has 1 fully saturated rings. The van der Waals surface area contributed by atoms with E-state index in [0.29, 0.717) is 12.1 Å². The molecule has 0 aromatic heterocycles. The van der Waals surface area contributed by atoms with Crippen molar-refractivity contribution in [2.24, 2.45) is 5.92 Å². The summed E-state index contributed by atoms with van der Waals surface area (Å²) in [6.07, 6.45) is -0.741. The molecule has 1 aliphatic heterocycles. The Bertz CT molecular complexity index is 422. The van der Waals surface area contributed by atoms with Crippen LogP contribution in [0.25, 0.3) is 0 Å². The van der Waals surface area contributed by atoms with Crippen LogP contribution < -0.4 is 5.32 Å². The highest BCUT2D eigenvalue weighted by Gasteiger charge is 2.29. The Morgan fingerprint density at radius 1 is 1.38 bits per heavy atom. The maximum atomic E-state index is 12.9. The number of hydrogen-bond acceptors (Lipinski definition) is 2. The first-order chi connectivity index (χ1) is 7.58. The van der Waals surface area contributed by atoms with Crippen LogP contribution in [0.4, 0.5) is 8.78 Å². The summed E-state index contributed by atoms with van der Waals surface area (Å²) in [5.41, 5.74) is 0.292. The second-order valence-electron chi connectivity index (χ2n) is 3.89. The molecule has 1 aromatic carbocycles. The average molecular weight is 227 g/mol. The first-order valence-corrected chi connectivity index (χ1v) is 4.97. The van der Waals surface area contributed by atoms with Gasteiger partial charge in [0.15, 0.2) is 11.6 Å². The number of carbonyl (C=O) groups is 1. The van der Waals surface area contributed by atoms with Gasteiger partial charge in [-0.15, -0.1) is 0 Å². The zero-order valence-corrected chi connectivity index (χ0v) is 8.41. The lowest BCUT2D eigenvalue weighted by Gasteiger charge is -2.16. The number of halogens is 2. The number of carbonyl (C=O) groups excluding carboxylic acids is 1. The number of rotatable bonds is 2. The molecule has 1 heterocycles. The molecule has 86 valence electrons. The monoisotopic (exact) mass is 227 g/mol. The Morgan fingerprint density at radius 2 is 2.12 bits per heavy atom. The molecule has 16 heavy (non-hydrogen) atoms. The van der Waals surface area contributed by atoms with E-state index >= 15 is 0 Å². The van der Waals surface area contributed by atoms with Crippen molar-refractivity contribution in [2.75, 3.05) is 6.54 Å². The predicted molar refractivity (Wildman–Crippen MR) is 52.4 cm³/mol. The Hall–Kier alpha value is -1.49. The molecule has 0 spiro atoms. The number of amides is 1. The molecular formula is C11H11F2NO2. The van der Waals surface area contributed by atoms with Gasteiger partial charge in [0.1, 0.15) is 0 Å². The molecule has 1 aromatic rings. The highest BCUT2D eigenvalue weighted by molar-refractivity contribution is 5.78. The molecule has 3 nitrogen and oxygen atoms in total. The van der Waals surface area contributed by atoms with Gasteiger partial charge in [-0.2, -0.15) is 0 Å². The number of benzene rings is 1. The van der Waals surface area contributed by atoms with Gasteiger partial charge in [0.25, 0.3) is 0 Å². The molecular weight excluding hydrogens is 216 g/mol. The van der Waals surface area contributed by atoms with Crippen LogP contribution >= 0.6 is 0 Å². The fourth-order valence-corrected chi connectivity index (χ4v) is 1.82. The van der Waals surface area contributed by atoms with Gasteiger partial charge in [-0.1, -0.05) is 6.07 Å². The second-order valence-corrected chi connectivity index (χ2v) is 3.89. The topological polar surface area (TPSA) is 49.3 Å². The predicted octanol–water partition coefficient (Wildman–Crippen LogP) is 1.13. The normalized spacial score (nSPS) is 21.9. The minimum atomic E-state index is -0.992. The first kappa shape index (κ1) is 11.0. The second kappa shape index (κ2) is 4.17. The summed E-state index contributed by atoms with van der Waals surface area (Å²) in [6, 6.07) is 3.26. The number of hydrogen-bond donors (Lipinski definition) is 2. The smallest absolute Gasteiger partial charge is 0.220 e. The van der Waals surface area contributed by atoms with Crippen LogP contribution in [0.1, 0.15) is 18.1 Å². The van der Waals surface area contributed by atoms with Crippen LogP contribution in [-0.4, -0.2) is 17.6 Å². The largest absolute Gasteiger partial charge is 0.388 e. The zero-order chi connectivity index (χ0) is 11.7. The third-order valence-corrected chi connectivity index (χ3v) is 2.74. The van der Waals surface area contributed by atoms with Crippen molar-refractivity contribution in [2.45, 2.75) is 12.5 Å². The summed E-state index contributed by atoms with van der Waals surface area (Å²) in [7, 11) is 0. The molecule has 2 unspecified atom stereocenters. The number of aliphatic hydroxyl groups excluding tert-OH is 1. The summed E-state index contributed by atoms with van der Waals surface area (Å²) in [5.74, 6) is -2.35. The SMILES string of the molecule is O=C1CC(C(O)c2ccc(F)c(F)c2)CN1. The molecule has 0 radical (unpaired) electrons. The van der Waals surface area contributed by atoms with Crippen LogP contribution in [0.15, 0.2) is 18.2 Å². The van der Waals surface area contributed by atoms with E-state index < -0.39 is 17.7 Å². The Kier molecular flexibility index (Phi) is 2.87. The highest BCUT2D eigenvalue weighted by atomic mass is 19.2. The molecule has 2 atom stereocenters. The van der Waals surface area contributed by atoms with Gasteiger partial charge in [-0.25, -0.2) is 8.78 Å². The van der Waals surface area contributed by atoms with Crippen molar-refractivity contribution in [1.29, 1.82) is 0 Å². The van der Waals surface area contributed by atoms with Crippen LogP contribution in [0, 0.1) is 17.6 Å². The van der Waals surface area contributed by atoms with E-state index in [1.165, 1.54) is 6.07 Å². The van der Waals surface area contributed by atoms with E-state index in [9.17, 15) is 18.7 Å². The van der Waals surface area contributed by atoms with Gasteiger partial charge >= 0.3 is 0 Å². The molecule has 0 bridgehead atoms. The van der Waals surface area contributed by atoms with E-state index in [1.807, 2.05) is 0 Å². The molecule has 5 heteroatoms. The fourth-order valence-electron chi connectivity index (χ4n) is 1.82. The average Bonchev–Trinajstić information content (AvgIpc) is 2.68. The number of nitrogens with one attached hydrogen (secondary N) is 1. The summed E-state index contributed by atoms with van der Waals surface area (Å²) < 4.78 is 25.6. The van der Waals surface area contributed by atoms with Crippen molar-refractivity contribution in [3.63, 3.8) is 0 Å². The van der Waals surface area contributed by atoms with Crippen molar-refractivity contribution in [3.05, 3.63) is 35.4 Å². The van der Waals surface area contributed by atoms with Crippen LogP contribution in [-0.2, 0) is 4.79 Å². The van der Waals surface area contributed by atoms with Crippen molar-refractivity contribution in [1.82, 2.24) is 5.32 Å². The minimum Gasteiger partial charge on any atom is -0.388 e. The van der Waals surface area contributed by atoms with E-state index in [4.69, 9.17) is 0 Å². The van der Waals surface area contributed by atoms with Crippen molar-refractivity contribution < 1.29 is 18.7 Å². The molecule has 1 aliphatic rings. The lowest BCUT2D eigenvalue weighted by atomic mass is 9.95. The standard InChI is InChI=1S/C11H11F2NO2/c12-8-2-1-6(3-9(8)13)11(16)7-4-10(15)14-5-7/h1-3,7,11,16H,4-5H2,(H,14,15). The maximum absolute atomic E-state index is 12.9. The third-order valence-electron chi connectivity index (χ3n) is 2.74. The lowest BCUT2D eigenvalue weighted by molar-refractivity contribution is -0.119. The van der Waals surface area contributed by atoms with E-state index in [-0.39, 0.29) is 18.2 Å². The summed E-state index contributed by atoms with van der Waals surface area (Å²) in [4.78, 5) is 11.0. The first-order valence-electron chi connectivity index (χ1n) is 4.97. The highest BCUT2D eigenvalue weighted by Crippen LogP contribution is 2.27. The van der Waals surface area contributed by atoms with Gasteiger partial charge in [0.2, 0.25) is 5.91 Å². The van der Waals surface area contributed by atoms with Gasteiger partial charge in [0, 0.05) is 18.9 Å². The van der Waals surface area contributed by atoms with Gasteiger partial charge in [-0.05, 0) is 17.7 Å². The Balaban J connectivity index is 2.17. The number of aliphatic hydroxyl groups is 1. The van der Waals surface area contributed by atoms with E-state index in [2.05, 4.69) is 5.32 Å². The van der Waals surface area contributed by atoms with E-state index in [1.54, 1.807) is 0 Å². The summed E-state index contributed by atoms with van der Waals surface area (Å²) >= 11 is 0. The van der Waals surface area contributed by atoms with Crippen LogP contribution in [0.2, 0.25) is 0 Å². The zero-order valence-electron chi connectivity index (χ0n) is 8.41. The molecule has 0 aliphatic carbocycles.